The third-order valence-corrected chi connectivity index (χ3v) is 3.64. The fourth-order valence-corrected chi connectivity index (χ4v) is 2.36. The molecule has 1 fully saturated rings. The highest BCUT2D eigenvalue weighted by atomic mass is 16.2. The summed E-state index contributed by atoms with van der Waals surface area (Å²) in [4.78, 5) is 24.7. The van der Waals surface area contributed by atoms with Crippen molar-refractivity contribution in [3.8, 4) is 0 Å². The molecular weight excluding hydrogens is 278 g/mol. The van der Waals surface area contributed by atoms with Gasteiger partial charge < -0.3 is 5.32 Å². The number of hydrazone groups is 1. The van der Waals surface area contributed by atoms with Gasteiger partial charge in [-0.25, -0.2) is 4.79 Å². The molecule has 1 heterocycles. The van der Waals surface area contributed by atoms with Gasteiger partial charge in [-0.15, -0.1) is 5.01 Å². The summed E-state index contributed by atoms with van der Waals surface area (Å²) >= 11 is 0. The molecule has 5 heteroatoms. The number of benzene rings is 2. The summed E-state index contributed by atoms with van der Waals surface area (Å²) in [5.74, 6) is -0.393. The number of hydrogen-bond acceptors (Lipinski definition) is 3. The average molecular weight is 293 g/mol. The van der Waals surface area contributed by atoms with Gasteiger partial charge in [0, 0.05) is 0 Å². The Kier molecular flexibility index (Phi) is 3.47. The van der Waals surface area contributed by atoms with Gasteiger partial charge in [0.25, 0.3) is 5.91 Å². The van der Waals surface area contributed by atoms with Crippen LogP contribution in [0.4, 0.5) is 4.79 Å². The molecule has 0 radical (unpaired) electrons. The Hall–Kier alpha value is -2.95. The van der Waals surface area contributed by atoms with Crippen molar-refractivity contribution in [3.05, 3.63) is 71.8 Å². The second kappa shape index (κ2) is 5.44. The van der Waals surface area contributed by atoms with E-state index in [0.29, 0.717) is 0 Å². The van der Waals surface area contributed by atoms with Gasteiger partial charge >= 0.3 is 6.03 Å². The lowest BCUT2D eigenvalue weighted by atomic mass is 9.92. The molecule has 0 saturated carbocycles. The third kappa shape index (κ3) is 2.37. The van der Waals surface area contributed by atoms with Crippen molar-refractivity contribution in [1.82, 2.24) is 10.3 Å². The van der Waals surface area contributed by atoms with Crippen LogP contribution >= 0.6 is 0 Å². The van der Waals surface area contributed by atoms with E-state index in [4.69, 9.17) is 0 Å². The van der Waals surface area contributed by atoms with Gasteiger partial charge in [-0.05, 0) is 18.1 Å². The van der Waals surface area contributed by atoms with Crippen LogP contribution in [0.5, 0.6) is 0 Å². The van der Waals surface area contributed by atoms with Crippen molar-refractivity contribution in [1.29, 1.82) is 0 Å². The zero-order valence-corrected chi connectivity index (χ0v) is 12.1. The first-order valence-electron chi connectivity index (χ1n) is 6.92. The summed E-state index contributed by atoms with van der Waals surface area (Å²) in [5.41, 5.74) is 0.453. The van der Waals surface area contributed by atoms with E-state index in [2.05, 4.69) is 10.4 Å². The molecular formula is C17H15N3O2. The lowest BCUT2D eigenvalue weighted by Gasteiger charge is -2.20. The molecule has 1 atom stereocenters. The number of urea groups is 1. The molecule has 1 aliphatic rings. The molecule has 0 bridgehead atoms. The van der Waals surface area contributed by atoms with Crippen molar-refractivity contribution in [2.75, 3.05) is 0 Å². The van der Waals surface area contributed by atoms with E-state index in [0.717, 1.165) is 16.1 Å². The van der Waals surface area contributed by atoms with Gasteiger partial charge in [0.15, 0.2) is 0 Å². The molecule has 22 heavy (non-hydrogen) atoms. The zero-order valence-electron chi connectivity index (χ0n) is 12.1. The average Bonchev–Trinajstić information content (AvgIpc) is 2.78. The molecule has 3 rings (SSSR count). The first kappa shape index (κ1) is 14.0. The van der Waals surface area contributed by atoms with Gasteiger partial charge in [0.05, 0.1) is 6.21 Å². The summed E-state index contributed by atoms with van der Waals surface area (Å²) in [6, 6.07) is 17.9. The lowest BCUT2D eigenvalue weighted by molar-refractivity contribution is -0.131. The number of carbonyl (C=O) groups is 2. The normalized spacial score (nSPS) is 21.4. The number of hydrogen-bond donors (Lipinski definition) is 1. The first-order valence-corrected chi connectivity index (χ1v) is 6.92. The lowest BCUT2D eigenvalue weighted by Crippen LogP contribution is -2.40. The van der Waals surface area contributed by atoms with Gasteiger partial charge in [-0.3, -0.25) is 4.79 Å². The molecule has 3 amide bonds. The quantitative estimate of drug-likeness (QED) is 0.698. The number of carbonyl (C=O) groups excluding carboxylic acids is 2. The van der Waals surface area contributed by atoms with Crippen LogP contribution in [-0.2, 0) is 10.3 Å². The largest absolute Gasteiger partial charge is 0.346 e. The van der Waals surface area contributed by atoms with E-state index < -0.39 is 17.5 Å². The van der Waals surface area contributed by atoms with Crippen molar-refractivity contribution >= 4 is 18.2 Å². The standard InChI is InChI=1S/C17H15N3O2/c1-17(14-10-6-3-7-11-14)15(21)20(16(22)19-17)18-12-13-8-4-2-5-9-13/h2-12H,1H3,(H,19,22)/b18-12-/t17-/m1/s1. The van der Waals surface area contributed by atoms with Crippen LogP contribution in [0.3, 0.4) is 0 Å². The molecule has 5 nitrogen and oxygen atoms in total. The molecule has 2 aromatic carbocycles. The molecule has 1 aliphatic heterocycles. The molecule has 2 aromatic rings. The van der Waals surface area contributed by atoms with Gasteiger partial charge in [-0.2, -0.15) is 5.10 Å². The SMILES string of the molecule is C[C@]1(c2ccccc2)NC(=O)N(/N=C\c2ccccc2)C1=O. The van der Waals surface area contributed by atoms with E-state index in [9.17, 15) is 9.59 Å². The molecule has 110 valence electrons. The van der Waals surface area contributed by atoms with Crippen LogP contribution < -0.4 is 5.32 Å². The summed E-state index contributed by atoms with van der Waals surface area (Å²) in [6.45, 7) is 1.68. The highest BCUT2D eigenvalue weighted by molar-refractivity contribution is 6.07. The number of nitrogens with zero attached hydrogens (tertiary/aromatic N) is 2. The highest BCUT2D eigenvalue weighted by Crippen LogP contribution is 2.28. The Morgan fingerprint density at radius 1 is 1.00 bits per heavy atom. The molecule has 1 N–H and O–H groups in total. The van der Waals surface area contributed by atoms with Crippen LogP contribution in [0.2, 0.25) is 0 Å². The minimum Gasteiger partial charge on any atom is -0.318 e. The second-order valence-corrected chi connectivity index (χ2v) is 5.19. The van der Waals surface area contributed by atoms with Crippen molar-refractivity contribution in [3.63, 3.8) is 0 Å². The Bertz CT molecular complexity index is 728. The van der Waals surface area contributed by atoms with Crippen LogP contribution in [0.15, 0.2) is 65.8 Å². The van der Waals surface area contributed by atoms with Crippen molar-refractivity contribution in [2.24, 2.45) is 5.10 Å². The van der Waals surface area contributed by atoms with Gasteiger partial charge in [-0.1, -0.05) is 60.7 Å². The summed E-state index contributed by atoms with van der Waals surface area (Å²) < 4.78 is 0. The van der Waals surface area contributed by atoms with Crippen LogP contribution in [-0.4, -0.2) is 23.2 Å². The Morgan fingerprint density at radius 2 is 1.59 bits per heavy atom. The fourth-order valence-electron chi connectivity index (χ4n) is 2.36. The highest BCUT2D eigenvalue weighted by Gasteiger charge is 2.49. The van der Waals surface area contributed by atoms with E-state index in [-0.39, 0.29) is 0 Å². The minimum atomic E-state index is -1.09. The number of nitrogens with one attached hydrogen (secondary N) is 1. The molecule has 1 saturated heterocycles. The number of amides is 3. The molecule has 0 aliphatic carbocycles. The molecule has 0 spiro atoms. The van der Waals surface area contributed by atoms with Gasteiger partial charge in [0.2, 0.25) is 0 Å². The maximum atomic E-state index is 12.6. The predicted molar refractivity (Wildman–Crippen MR) is 83.2 cm³/mol. The first-order chi connectivity index (χ1) is 10.6. The predicted octanol–water partition coefficient (Wildman–Crippen LogP) is 2.49. The Morgan fingerprint density at radius 3 is 2.23 bits per heavy atom. The smallest absolute Gasteiger partial charge is 0.318 e. The van der Waals surface area contributed by atoms with Crippen molar-refractivity contribution in [2.45, 2.75) is 12.5 Å². The third-order valence-electron chi connectivity index (χ3n) is 3.64. The minimum absolute atomic E-state index is 0.393. The zero-order chi connectivity index (χ0) is 15.6. The summed E-state index contributed by atoms with van der Waals surface area (Å²) in [7, 11) is 0. The van der Waals surface area contributed by atoms with Crippen molar-refractivity contribution < 1.29 is 9.59 Å². The fraction of sp³-hybridized carbons (Fsp3) is 0.118. The topological polar surface area (TPSA) is 61.8 Å². The molecule has 0 aromatic heterocycles. The van der Waals surface area contributed by atoms with Gasteiger partial charge in [0.1, 0.15) is 5.54 Å². The number of imide groups is 1. The summed E-state index contributed by atoms with van der Waals surface area (Å²) in [6.07, 6.45) is 1.49. The van der Waals surface area contributed by atoms with Crippen LogP contribution in [0.1, 0.15) is 18.1 Å². The summed E-state index contributed by atoms with van der Waals surface area (Å²) in [5, 5.41) is 7.60. The monoisotopic (exact) mass is 293 g/mol. The van der Waals surface area contributed by atoms with Crippen LogP contribution in [0, 0.1) is 0 Å². The second-order valence-electron chi connectivity index (χ2n) is 5.19. The Balaban J connectivity index is 1.88. The van der Waals surface area contributed by atoms with E-state index in [1.165, 1.54) is 6.21 Å². The maximum absolute atomic E-state index is 12.6. The van der Waals surface area contributed by atoms with E-state index >= 15 is 0 Å². The van der Waals surface area contributed by atoms with Crippen LogP contribution in [0.25, 0.3) is 0 Å². The number of rotatable bonds is 3. The Labute approximate surface area is 128 Å². The molecule has 0 unspecified atom stereocenters. The maximum Gasteiger partial charge on any atom is 0.346 e. The van der Waals surface area contributed by atoms with E-state index in [1.807, 2.05) is 60.7 Å². The van der Waals surface area contributed by atoms with E-state index in [1.54, 1.807) is 6.92 Å².